The molecule has 18 heavy (non-hydrogen) atoms. The molecule has 1 aliphatic heterocycles. The van der Waals surface area contributed by atoms with Crippen molar-refractivity contribution in [2.45, 2.75) is 25.9 Å². The van der Waals surface area contributed by atoms with Crippen LogP contribution in [0.5, 0.6) is 0 Å². The van der Waals surface area contributed by atoms with E-state index in [2.05, 4.69) is 9.97 Å². The highest BCUT2D eigenvalue weighted by Crippen LogP contribution is 2.35. The summed E-state index contributed by atoms with van der Waals surface area (Å²) in [6.45, 7) is 2.51. The molecule has 0 unspecified atom stereocenters. The van der Waals surface area contributed by atoms with Gasteiger partial charge in [0.15, 0.2) is 0 Å². The Morgan fingerprint density at radius 3 is 2.50 bits per heavy atom. The van der Waals surface area contributed by atoms with Gasteiger partial charge in [0.1, 0.15) is 5.82 Å². The molecule has 0 aliphatic carbocycles. The largest absolute Gasteiger partial charge is 0.391 e. The number of anilines is 1. The highest BCUT2D eigenvalue weighted by atomic mass is 35.5. The van der Waals surface area contributed by atoms with Crippen LogP contribution in [0.3, 0.4) is 0 Å². The van der Waals surface area contributed by atoms with Crippen LogP contribution in [0.4, 0.5) is 19.0 Å². The number of aromatic nitrogens is 2. The van der Waals surface area contributed by atoms with Crippen molar-refractivity contribution in [2.75, 3.05) is 18.0 Å². The van der Waals surface area contributed by atoms with Gasteiger partial charge in [-0.05, 0) is 31.4 Å². The van der Waals surface area contributed by atoms with Crippen LogP contribution in [-0.4, -0.2) is 29.2 Å². The average molecular weight is 280 g/mol. The zero-order valence-corrected chi connectivity index (χ0v) is 10.6. The summed E-state index contributed by atoms with van der Waals surface area (Å²) in [4.78, 5) is 9.76. The van der Waals surface area contributed by atoms with Gasteiger partial charge in [0, 0.05) is 24.8 Å². The van der Waals surface area contributed by atoms with E-state index in [1.165, 1.54) is 0 Å². The van der Waals surface area contributed by atoms with E-state index in [0.29, 0.717) is 18.9 Å². The molecular weight excluding hydrogens is 267 g/mol. The molecule has 7 heteroatoms. The van der Waals surface area contributed by atoms with Crippen LogP contribution in [0, 0.1) is 12.8 Å². The Labute approximate surface area is 108 Å². The lowest BCUT2D eigenvalue weighted by Gasteiger charge is -2.34. The van der Waals surface area contributed by atoms with E-state index in [4.69, 9.17) is 11.6 Å². The molecule has 0 atom stereocenters. The Balaban J connectivity index is 2.08. The lowest BCUT2D eigenvalue weighted by Crippen LogP contribution is -2.39. The Hall–Kier alpha value is -1.04. The molecule has 0 N–H and O–H groups in total. The molecule has 0 spiro atoms. The molecule has 1 aromatic rings. The average Bonchev–Trinajstić information content (AvgIpc) is 2.31. The highest BCUT2D eigenvalue weighted by molar-refractivity contribution is 6.28. The van der Waals surface area contributed by atoms with E-state index in [1.54, 1.807) is 6.20 Å². The van der Waals surface area contributed by atoms with Crippen LogP contribution in [0.2, 0.25) is 5.28 Å². The fraction of sp³-hybridized carbons (Fsp3) is 0.636. The lowest BCUT2D eigenvalue weighted by molar-refractivity contribution is -0.179. The molecule has 1 aliphatic rings. The van der Waals surface area contributed by atoms with E-state index in [-0.39, 0.29) is 18.1 Å². The maximum absolute atomic E-state index is 12.5. The van der Waals surface area contributed by atoms with E-state index in [0.717, 1.165) is 5.56 Å². The second kappa shape index (κ2) is 4.91. The monoisotopic (exact) mass is 279 g/mol. The van der Waals surface area contributed by atoms with Crippen molar-refractivity contribution in [3.63, 3.8) is 0 Å². The molecule has 1 aromatic heterocycles. The van der Waals surface area contributed by atoms with Crippen LogP contribution in [0.25, 0.3) is 0 Å². The molecule has 1 fully saturated rings. The van der Waals surface area contributed by atoms with Gasteiger partial charge in [0.05, 0.1) is 5.92 Å². The molecular formula is C11H13ClF3N3. The zero-order valence-electron chi connectivity index (χ0n) is 9.84. The summed E-state index contributed by atoms with van der Waals surface area (Å²) in [5.41, 5.74) is 0.824. The Morgan fingerprint density at radius 1 is 1.33 bits per heavy atom. The summed E-state index contributed by atoms with van der Waals surface area (Å²) in [6, 6.07) is 0. The van der Waals surface area contributed by atoms with Crippen LogP contribution >= 0.6 is 11.6 Å². The second-order valence-corrected chi connectivity index (χ2v) is 4.79. The van der Waals surface area contributed by atoms with Crippen LogP contribution in [0.15, 0.2) is 6.20 Å². The fourth-order valence-corrected chi connectivity index (χ4v) is 2.28. The Morgan fingerprint density at radius 2 is 1.94 bits per heavy atom. The molecule has 100 valence electrons. The predicted octanol–water partition coefficient (Wildman–Crippen LogP) is 3.22. The van der Waals surface area contributed by atoms with E-state index in [1.807, 2.05) is 11.8 Å². The zero-order chi connectivity index (χ0) is 13.3. The quantitative estimate of drug-likeness (QED) is 0.739. The van der Waals surface area contributed by atoms with Gasteiger partial charge in [-0.3, -0.25) is 0 Å². The number of alkyl halides is 3. The summed E-state index contributed by atoms with van der Waals surface area (Å²) in [7, 11) is 0. The minimum atomic E-state index is -4.09. The molecule has 3 nitrogen and oxygen atoms in total. The smallest absolute Gasteiger partial charge is 0.356 e. The van der Waals surface area contributed by atoms with E-state index >= 15 is 0 Å². The summed E-state index contributed by atoms with van der Waals surface area (Å²) in [5, 5.41) is 0.119. The number of nitrogens with zero attached hydrogens (tertiary/aromatic N) is 3. The molecule has 0 radical (unpaired) electrons. The maximum Gasteiger partial charge on any atom is 0.391 e. The van der Waals surface area contributed by atoms with Gasteiger partial charge in [0.25, 0.3) is 0 Å². The number of rotatable bonds is 1. The number of hydrogen-bond donors (Lipinski definition) is 0. The Kier molecular flexibility index (Phi) is 3.66. The minimum absolute atomic E-state index is 0.102. The van der Waals surface area contributed by atoms with Gasteiger partial charge in [-0.25, -0.2) is 9.97 Å². The molecule has 0 bridgehead atoms. The lowest BCUT2D eigenvalue weighted by atomic mass is 9.96. The first-order valence-electron chi connectivity index (χ1n) is 5.68. The standard InChI is InChI=1S/C11H13ClF3N3/c1-7-6-16-10(12)17-9(7)18-4-2-8(3-5-18)11(13,14)15/h6,8H,2-5H2,1H3. The second-order valence-electron chi connectivity index (χ2n) is 4.45. The topological polar surface area (TPSA) is 29.0 Å². The van der Waals surface area contributed by atoms with E-state index < -0.39 is 12.1 Å². The third-order valence-electron chi connectivity index (χ3n) is 3.17. The molecule has 2 heterocycles. The van der Waals surface area contributed by atoms with Gasteiger partial charge in [-0.15, -0.1) is 0 Å². The van der Waals surface area contributed by atoms with Crippen molar-refractivity contribution < 1.29 is 13.2 Å². The fourth-order valence-electron chi connectivity index (χ4n) is 2.15. The van der Waals surface area contributed by atoms with Crippen molar-refractivity contribution in [2.24, 2.45) is 5.92 Å². The highest BCUT2D eigenvalue weighted by Gasteiger charge is 2.41. The third-order valence-corrected chi connectivity index (χ3v) is 3.36. The molecule has 2 rings (SSSR count). The first-order chi connectivity index (χ1) is 8.38. The summed E-state index contributed by atoms with van der Waals surface area (Å²) in [5.74, 6) is -0.568. The molecule has 0 aromatic carbocycles. The van der Waals surface area contributed by atoms with Crippen molar-refractivity contribution in [1.29, 1.82) is 0 Å². The molecule has 1 saturated heterocycles. The van der Waals surface area contributed by atoms with Crippen LogP contribution < -0.4 is 4.90 Å². The summed E-state index contributed by atoms with van der Waals surface area (Å²) < 4.78 is 37.6. The minimum Gasteiger partial charge on any atom is -0.356 e. The first-order valence-corrected chi connectivity index (χ1v) is 6.06. The van der Waals surface area contributed by atoms with Crippen molar-refractivity contribution >= 4 is 17.4 Å². The van der Waals surface area contributed by atoms with Crippen molar-refractivity contribution in [3.05, 3.63) is 17.0 Å². The summed E-state index contributed by atoms with van der Waals surface area (Å²) >= 11 is 5.71. The van der Waals surface area contributed by atoms with Gasteiger partial charge < -0.3 is 4.90 Å². The number of aryl methyl sites for hydroxylation is 1. The number of hydrogen-bond acceptors (Lipinski definition) is 3. The maximum atomic E-state index is 12.5. The predicted molar refractivity (Wildman–Crippen MR) is 62.8 cm³/mol. The van der Waals surface area contributed by atoms with Crippen LogP contribution in [0.1, 0.15) is 18.4 Å². The Bertz CT molecular complexity index is 428. The van der Waals surface area contributed by atoms with Gasteiger partial charge >= 0.3 is 6.18 Å². The van der Waals surface area contributed by atoms with Gasteiger partial charge in [0.2, 0.25) is 5.28 Å². The molecule has 0 saturated carbocycles. The summed E-state index contributed by atoms with van der Waals surface area (Å²) in [6.07, 6.45) is -2.31. The third kappa shape index (κ3) is 2.85. The number of piperidine rings is 1. The first kappa shape index (κ1) is 13.4. The molecule has 0 amide bonds. The van der Waals surface area contributed by atoms with Crippen molar-refractivity contribution in [1.82, 2.24) is 9.97 Å². The van der Waals surface area contributed by atoms with Gasteiger partial charge in [-0.2, -0.15) is 13.2 Å². The van der Waals surface area contributed by atoms with E-state index in [9.17, 15) is 13.2 Å². The normalized spacial score (nSPS) is 18.2. The van der Waals surface area contributed by atoms with Crippen molar-refractivity contribution in [3.8, 4) is 0 Å². The number of halogens is 4. The van der Waals surface area contributed by atoms with Crippen LogP contribution in [-0.2, 0) is 0 Å². The SMILES string of the molecule is Cc1cnc(Cl)nc1N1CCC(C(F)(F)F)CC1. The van der Waals surface area contributed by atoms with Gasteiger partial charge in [-0.1, -0.05) is 0 Å².